The van der Waals surface area contributed by atoms with Gasteiger partial charge in [-0.3, -0.25) is 4.79 Å². The van der Waals surface area contributed by atoms with E-state index in [4.69, 9.17) is 0 Å². The molecule has 1 heterocycles. The van der Waals surface area contributed by atoms with E-state index in [-0.39, 0.29) is 17.2 Å². The van der Waals surface area contributed by atoms with E-state index < -0.39 is 5.97 Å². The Morgan fingerprint density at radius 1 is 1.39 bits per heavy atom. The number of nitrogens with zero attached hydrogens (tertiary/aromatic N) is 1. The second kappa shape index (κ2) is 4.59. The maximum atomic E-state index is 12.1. The van der Waals surface area contributed by atoms with Crippen molar-refractivity contribution in [1.82, 2.24) is 4.57 Å². The summed E-state index contributed by atoms with van der Waals surface area (Å²) in [7, 11) is 0. The Labute approximate surface area is 106 Å². The lowest BCUT2D eigenvalue weighted by Gasteiger charge is -2.23. The number of hydrogen-bond donors (Lipinski definition) is 1. The first-order valence-electron chi connectivity index (χ1n) is 6.39. The molecule has 1 N–H and O–H groups in total. The summed E-state index contributed by atoms with van der Waals surface area (Å²) in [5, 5.41) is 9.26. The molecule has 1 aromatic heterocycles. The highest BCUT2D eigenvalue weighted by molar-refractivity contribution is 5.90. The van der Waals surface area contributed by atoms with Gasteiger partial charge in [0.05, 0.1) is 5.56 Å². The van der Waals surface area contributed by atoms with Crippen LogP contribution in [0.4, 0.5) is 0 Å². The summed E-state index contributed by atoms with van der Waals surface area (Å²) in [5.74, 6) is -0.518. The molecule has 0 saturated heterocycles. The van der Waals surface area contributed by atoms with Gasteiger partial charge in [-0.25, -0.2) is 4.79 Å². The zero-order chi connectivity index (χ0) is 13.4. The minimum atomic E-state index is -0.954. The second-order valence-corrected chi connectivity index (χ2v) is 5.28. The highest BCUT2D eigenvalue weighted by Gasteiger charge is 2.28. The van der Waals surface area contributed by atoms with Crippen LogP contribution in [0.1, 0.15) is 53.8 Å². The molecule has 0 spiro atoms. The van der Waals surface area contributed by atoms with Gasteiger partial charge in [-0.15, -0.1) is 0 Å². The third-order valence-electron chi connectivity index (χ3n) is 4.06. The van der Waals surface area contributed by atoms with E-state index in [1.165, 1.54) is 6.07 Å². The zero-order valence-corrected chi connectivity index (χ0v) is 11.1. The molecule has 4 nitrogen and oxygen atoms in total. The van der Waals surface area contributed by atoms with Gasteiger partial charge < -0.3 is 9.67 Å². The minimum Gasteiger partial charge on any atom is -0.478 e. The second-order valence-electron chi connectivity index (χ2n) is 5.28. The highest BCUT2D eigenvalue weighted by atomic mass is 16.4. The number of carbonyl (C=O) groups is 1. The number of hydrogen-bond acceptors (Lipinski definition) is 2. The van der Waals surface area contributed by atoms with Crippen molar-refractivity contribution in [2.24, 2.45) is 5.92 Å². The number of pyridine rings is 1. The fourth-order valence-corrected chi connectivity index (χ4v) is 3.14. The van der Waals surface area contributed by atoms with Crippen LogP contribution in [-0.2, 0) is 0 Å². The van der Waals surface area contributed by atoms with Crippen molar-refractivity contribution in [2.45, 2.75) is 46.1 Å². The van der Waals surface area contributed by atoms with Gasteiger partial charge in [0.25, 0.3) is 5.56 Å². The van der Waals surface area contributed by atoms with E-state index >= 15 is 0 Å². The monoisotopic (exact) mass is 249 g/mol. The third kappa shape index (κ3) is 1.96. The molecule has 98 valence electrons. The van der Waals surface area contributed by atoms with Crippen LogP contribution in [0.15, 0.2) is 10.9 Å². The topological polar surface area (TPSA) is 59.3 Å². The molecule has 1 aromatic rings. The van der Waals surface area contributed by atoms with Crippen LogP contribution in [0.3, 0.4) is 0 Å². The number of aromatic nitrogens is 1. The average molecular weight is 249 g/mol. The van der Waals surface area contributed by atoms with Crippen molar-refractivity contribution in [3.63, 3.8) is 0 Å². The molecule has 0 amide bonds. The average Bonchev–Trinajstić information content (AvgIpc) is 2.63. The standard InChI is InChI=1S/C14H19NO3/c1-8-5-4-6-11(8)15-10(3)13(14(17)18)9(2)7-12(15)16/h7-8,11H,4-6H2,1-3H3,(H,17,18). The summed E-state index contributed by atoms with van der Waals surface area (Å²) in [6.07, 6.45) is 3.17. The number of rotatable bonds is 2. The minimum absolute atomic E-state index is 0.0752. The van der Waals surface area contributed by atoms with E-state index in [0.29, 0.717) is 17.2 Å². The van der Waals surface area contributed by atoms with Gasteiger partial charge in [-0.2, -0.15) is 0 Å². The number of carboxylic acid groups (broad SMARTS) is 1. The molecule has 4 heteroatoms. The van der Waals surface area contributed by atoms with E-state index in [2.05, 4.69) is 6.92 Å². The molecular formula is C14H19NO3. The van der Waals surface area contributed by atoms with Crippen LogP contribution >= 0.6 is 0 Å². The Balaban J connectivity index is 2.64. The fourth-order valence-electron chi connectivity index (χ4n) is 3.14. The van der Waals surface area contributed by atoms with Gasteiger partial charge >= 0.3 is 5.97 Å². The van der Waals surface area contributed by atoms with Crippen molar-refractivity contribution in [1.29, 1.82) is 0 Å². The molecular weight excluding hydrogens is 230 g/mol. The molecule has 2 unspecified atom stereocenters. The first-order chi connectivity index (χ1) is 8.43. The predicted octanol–water partition coefficient (Wildman–Crippen LogP) is 2.52. The summed E-state index contributed by atoms with van der Waals surface area (Å²) in [6, 6.07) is 1.60. The van der Waals surface area contributed by atoms with E-state index in [1.54, 1.807) is 18.4 Å². The molecule has 2 rings (SSSR count). The van der Waals surface area contributed by atoms with Crippen LogP contribution in [0.5, 0.6) is 0 Å². The molecule has 0 aliphatic heterocycles. The van der Waals surface area contributed by atoms with Crippen molar-refractivity contribution in [3.05, 3.63) is 33.2 Å². The molecule has 0 aromatic carbocycles. The normalized spacial score (nSPS) is 23.3. The largest absolute Gasteiger partial charge is 0.478 e. The quantitative estimate of drug-likeness (QED) is 0.876. The fraction of sp³-hybridized carbons (Fsp3) is 0.571. The van der Waals surface area contributed by atoms with Gasteiger partial charge in [0.2, 0.25) is 0 Å². The van der Waals surface area contributed by atoms with Crippen LogP contribution in [0.25, 0.3) is 0 Å². The van der Waals surface area contributed by atoms with Crippen molar-refractivity contribution >= 4 is 5.97 Å². The molecule has 2 atom stereocenters. The van der Waals surface area contributed by atoms with Gasteiger partial charge in [0.15, 0.2) is 0 Å². The molecule has 1 aliphatic carbocycles. The first kappa shape index (κ1) is 12.9. The molecule has 1 fully saturated rings. The number of aryl methyl sites for hydroxylation is 1. The number of aromatic carboxylic acids is 1. The summed E-state index contributed by atoms with van der Waals surface area (Å²) >= 11 is 0. The highest BCUT2D eigenvalue weighted by Crippen LogP contribution is 2.35. The van der Waals surface area contributed by atoms with E-state index in [9.17, 15) is 14.7 Å². The number of carboxylic acids is 1. The third-order valence-corrected chi connectivity index (χ3v) is 4.06. The van der Waals surface area contributed by atoms with Crippen LogP contribution < -0.4 is 5.56 Å². The predicted molar refractivity (Wildman–Crippen MR) is 69.2 cm³/mol. The summed E-state index contributed by atoms with van der Waals surface area (Å²) < 4.78 is 1.69. The Kier molecular flexibility index (Phi) is 3.28. The Hall–Kier alpha value is -1.58. The lowest BCUT2D eigenvalue weighted by Crippen LogP contribution is -2.30. The molecule has 0 bridgehead atoms. The smallest absolute Gasteiger partial charge is 0.337 e. The summed E-state index contributed by atoms with van der Waals surface area (Å²) in [4.78, 5) is 23.4. The molecule has 1 saturated carbocycles. The van der Waals surface area contributed by atoms with E-state index in [1.807, 2.05) is 0 Å². The Morgan fingerprint density at radius 2 is 2.06 bits per heavy atom. The van der Waals surface area contributed by atoms with Gasteiger partial charge in [0, 0.05) is 17.8 Å². The summed E-state index contributed by atoms with van der Waals surface area (Å²) in [6.45, 7) is 5.55. The molecule has 0 radical (unpaired) electrons. The maximum absolute atomic E-state index is 12.1. The van der Waals surface area contributed by atoms with Gasteiger partial charge in [-0.05, 0) is 38.2 Å². The van der Waals surface area contributed by atoms with Crippen molar-refractivity contribution < 1.29 is 9.90 Å². The molecule has 1 aliphatic rings. The Morgan fingerprint density at radius 3 is 2.56 bits per heavy atom. The van der Waals surface area contributed by atoms with Gasteiger partial charge in [0.1, 0.15) is 0 Å². The maximum Gasteiger partial charge on any atom is 0.337 e. The van der Waals surface area contributed by atoms with Crippen LogP contribution in [-0.4, -0.2) is 15.6 Å². The van der Waals surface area contributed by atoms with E-state index in [0.717, 1.165) is 19.3 Å². The first-order valence-corrected chi connectivity index (χ1v) is 6.39. The lowest BCUT2D eigenvalue weighted by atomic mass is 10.0. The molecule has 18 heavy (non-hydrogen) atoms. The van der Waals surface area contributed by atoms with Crippen molar-refractivity contribution in [3.8, 4) is 0 Å². The zero-order valence-electron chi connectivity index (χ0n) is 11.1. The Bertz CT molecular complexity index is 545. The van der Waals surface area contributed by atoms with Crippen LogP contribution in [0.2, 0.25) is 0 Å². The SMILES string of the molecule is Cc1cc(=O)n(C2CCCC2C)c(C)c1C(=O)O. The lowest BCUT2D eigenvalue weighted by molar-refractivity contribution is 0.0693. The van der Waals surface area contributed by atoms with Crippen LogP contribution in [0, 0.1) is 19.8 Å². The summed E-state index contributed by atoms with van der Waals surface area (Å²) in [5.41, 5.74) is 1.33. The van der Waals surface area contributed by atoms with Gasteiger partial charge in [-0.1, -0.05) is 13.3 Å². The van der Waals surface area contributed by atoms with Crippen molar-refractivity contribution in [2.75, 3.05) is 0 Å².